The predicted octanol–water partition coefficient (Wildman–Crippen LogP) is 3.28. The van der Waals surface area contributed by atoms with Gasteiger partial charge >= 0.3 is 0 Å². The Morgan fingerprint density at radius 1 is 1.42 bits per heavy atom. The topological polar surface area (TPSA) is 44.5 Å². The zero-order valence-corrected chi connectivity index (χ0v) is 11.8. The van der Waals surface area contributed by atoms with Crippen molar-refractivity contribution in [3.63, 3.8) is 0 Å². The Balaban J connectivity index is 1.72. The fraction of sp³-hybridized carbons (Fsp3) is 0.600. The Kier molecular flexibility index (Phi) is 3.70. The summed E-state index contributed by atoms with van der Waals surface area (Å²) in [5.41, 5.74) is 6.76. The summed E-state index contributed by atoms with van der Waals surface area (Å²) in [5.74, 6) is 0.830. The van der Waals surface area contributed by atoms with Crippen LogP contribution in [-0.2, 0) is 11.3 Å². The van der Waals surface area contributed by atoms with E-state index in [9.17, 15) is 0 Å². The van der Waals surface area contributed by atoms with E-state index in [1.165, 1.54) is 19.3 Å². The molecule has 1 spiro atoms. The second-order valence-corrected chi connectivity index (χ2v) is 5.95. The standard InChI is InChI=1S/C15H20ClNO2/c16-13-3-1-4-14(12(13)10-17)19-11-5-8-18-15(9-11)6-2-7-15/h1,3-4,11H,2,5-10,17H2. The third-order valence-electron chi connectivity index (χ3n) is 4.29. The second kappa shape index (κ2) is 5.31. The van der Waals surface area contributed by atoms with Crippen LogP contribution in [0.4, 0.5) is 0 Å². The first kappa shape index (κ1) is 13.2. The molecule has 1 aliphatic heterocycles. The molecule has 0 amide bonds. The van der Waals surface area contributed by atoms with Gasteiger partial charge in [-0.2, -0.15) is 0 Å². The highest BCUT2D eigenvalue weighted by Gasteiger charge is 2.43. The van der Waals surface area contributed by atoms with E-state index >= 15 is 0 Å². The molecule has 19 heavy (non-hydrogen) atoms. The maximum atomic E-state index is 6.16. The summed E-state index contributed by atoms with van der Waals surface area (Å²) < 4.78 is 12.1. The molecule has 1 heterocycles. The van der Waals surface area contributed by atoms with Gasteiger partial charge in [-0.1, -0.05) is 17.7 Å². The molecule has 1 saturated carbocycles. The number of halogens is 1. The van der Waals surface area contributed by atoms with E-state index in [1.807, 2.05) is 18.2 Å². The van der Waals surface area contributed by atoms with Crippen LogP contribution in [0.2, 0.25) is 5.02 Å². The molecular weight excluding hydrogens is 262 g/mol. The molecule has 1 aromatic carbocycles. The maximum Gasteiger partial charge on any atom is 0.125 e. The van der Waals surface area contributed by atoms with Gasteiger partial charge in [0.15, 0.2) is 0 Å². The lowest BCUT2D eigenvalue weighted by Gasteiger charge is -2.47. The van der Waals surface area contributed by atoms with E-state index in [0.29, 0.717) is 11.6 Å². The quantitative estimate of drug-likeness (QED) is 0.925. The molecule has 104 valence electrons. The minimum Gasteiger partial charge on any atom is -0.490 e. The lowest BCUT2D eigenvalue weighted by Crippen LogP contribution is -2.48. The fourth-order valence-corrected chi connectivity index (χ4v) is 3.27. The van der Waals surface area contributed by atoms with Gasteiger partial charge in [0.1, 0.15) is 11.9 Å². The number of nitrogens with two attached hydrogens (primary N) is 1. The summed E-state index contributed by atoms with van der Waals surface area (Å²) in [5, 5.41) is 0.686. The molecular formula is C15H20ClNO2. The lowest BCUT2D eigenvalue weighted by molar-refractivity contribution is -0.153. The molecule has 0 radical (unpaired) electrons. The van der Waals surface area contributed by atoms with Crippen molar-refractivity contribution in [2.75, 3.05) is 6.61 Å². The number of benzene rings is 1. The lowest BCUT2D eigenvalue weighted by atomic mass is 9.74. The van der Waals surface area contributed by atoms with Gasteiger partial charge in [-0.15, -0.1) is 0 Å². The van der Waals surface area contributed by atoms with Crippen LogP contribution in [0, 0.1) is 0 Å². The fourth-order valence-electron chi connectivity index (χ4n) is 3.03. The molecule has 2 aliphatic rings. The highest BCUT2D eigenvalue weighted by atomic mass is 35.5. The first-order chi connectivity index (χ1) is 9.22. The van der Waals surface area contributed by atoms with Crippen molar-refractivity contribution in [1.29, 1.82) is 0 Å². The van der Waals surface area contributed by atoms with Crippen molar-refractivity contribution in [1.82, 2.24) is 0 Å². The van der Waals surface area contributed by atoms with Crippen molar-refractivity contribution in [3.05, 3.63) is 28.8 Å². The van der Waals surface area contributed by atoms with Crippen LogP contribution in [0.25, 0.3) is 0 Å². The Bertz CT molecular complexity index is 459. The molecule has 1 aliphatic carbocycles. The van der Waals surface area contributed by atoms with Crippen LogP contribution < -0.4 is 10.5 Å². The summed E-state index contributed by atoms with van der Waals surface area (Å²) in [6.07, 6.45) is 5.77. The van der Waals surface area contributed by atoms with E-state index in [-0.39, 0.29) is 11.7 Å². The third kappa shape index (κ3) is 2.60. The highest BCUT2D eigenvalue weighted by Crippen LogP contribution is 2.43. The largest absolute Gasteiger partial charge is 0.490 e. The first-order valence-corrected chi connectivity index (χ1v) is 7.38. The monoisotopic (exact) mass is 281 g/mol. The normalized spacial score (nSPS) is 25.1. The van der Waals surface area contributed by atoms with E-state index in [0.717, 1.165) is 30.8 Å². The summed E-state index contributed by atoms with van der Waals surface area (Å²) in [7, 11) is 0. The first-order valence-electron chi connectivity index (χ1n) is 7.00. The van der Waals surface area contributed by atoms with Crippen LogP contribution >= 0.6 is 11.6 Å². The molecule has 2 fully saturated rings. The molecule has 2 N–H and O–H groups in total. The average molecular weight is 282 g/mol. The van der Waals surface area contributed by atoms with Gasteiger partial charge in [0.25, 0.3) is 0 Å². The predicted molar refractivity (Wildman–Crippen MR) is 75.5 cm³/mol. The summed E-state index contributed by atoms with van der Waals surface area (Å²) in [6.45, 7) is 1.20. The van der Waals surface area contributed by atoms with Gasteiger partial charge in [0.2, 0.25) is 0 Å². The van der Waals surface area contributed by atoms with Gasteiger partial charge in [0, 0.05) is 30.0 Å². The van der Waals surface area contributed by atoms with Crippen molar-refractivity contribution in [3.8, 4) is 5.75 Å². The molecule has 0 bridgehead atoms. The van der Waals surface area contributed by atoms with Gasteiger partial charge in [-0.25, -0.2) is 0 Å². The number of hydrogen-bond acceptors (Lipinski definition) is 3. The maximum absolute atomic E-state index is 6.16. The van der Waals surface area contributed by atoms with Gasteiger partial charge < -0.3 is 15.2 Å². The van der Waals surface area contributed by atoms with Gasteiger partial charge in [-0.05, 0) is 31.4 Å². The minimum absolute atomic E-state index is 0.102. The summed E-state index contributed by atoms with van der Waals surface area (Å²) in [6, 6.07) is 5.72. The van der Waals surface area contributed by atoms with Crippen LogP contribution in [0.15, 0.2) is 18.2 Å². The molecule has 1 atom stereocenters. The molecule has 4 heteroatoms. The second-order valence-electron chi connectivity index (χ2n) is 5.54. The van der Waals surface area contributed by atoms with E-state index in [2.05, 4.69) is 0 Å². The molecule has 0 aromatic heterocycles. The zero-order valence-electron chi connectivity index (χ0n) is 11.0. The number of rotatable bonds is 3. The van der Waals surface area contributed by atoms with Crippen LogP contribution in [0.3, 0.4) is 0 Å². The van der Waals surface area contributed by atoms with E-state index in [4.69, 9.17) is 26.8 Å². The molecule has 1 unspecified atom stereocenters. The van der Waals surface area contributed by atoms with Crippen molar-refractivity contribution >= 4 is 11.6 Å². The smallest absolute Gasteiger partial charge is 0.125 e. The summed E-state index contributed by atoms with van der Waals surface area (Å²) in [4.78, 5) is 0. The van der Waals surface area contributed by atoms with Gasteiger partial charge in [-0.3, -0.25) is 0 Å². The van der Waals surface area contributed by atoms with Crippen molar-refractivity contribution in [2.45, 2.75) is 50.4 Å². The highest BCUT2D eigenvalue weighted by molar-refractivity contribution is 6.31. The number of hydrogen-bond donors (Lipinski definition) is 1. The Morgan fingerprint density at radius 3 is 2.95 bits per heavy atom. The van der Waals surface area contributed by atoms with E-state index in [1.54, 1.807) is 0 Å². The average Bonchev–Trinajstić information content (AvgIpc) is 2.38. The molecule has 1 aromatic rings. The van der Waals surface area contributed by atoms with Crippen LogP contribution in [0.1, 0.15) is 37.7 Å². The van der Waals surface area contributed by atoms with E-state index < -0.39 is 0 Å². The Morgan fingerprint density at radius 2 is 2.26 bits per heavy atom. The SMILES string of the molecule is NCc1c(Cl)cccc1OC1CCOC2(CCC2)C1. The molecule has 3 nitrogen and oxygen atoms in total. The molecule has 3 rings (SSSR count). The zero-order chi connectivity index (χ0) is 13.3. The summed E-state index contributed by atoms with van der Waals surface area (Å²) >= 11 is 6.16. The minimum atomic E-state index is 0.102. The van der Waals surface area contributed by atoms with Crippen LogP contribution in [0.5, 0.6) is 5.75 Å². The van der Waals surface area contributed by atoms with Crippen LogP contribution in [-0.4, -0.2) is 18.3 Å². The van der Waals surface area contributed by atoms with Crippen molar-refractivity contribution < 1.29 is 9.47 Å². The third-order valence-corrected chi connectivity index (χ3v) is 4.64. The molecule has 1 saturated heterocycles. The van der Waals surface area contributed by atoms with Gasteiger partial charge in [0.05, 0.1) is 12.2 Å². The Labute approximate surface area is 119 Å². The number of ether oxygens (including phenoxy) is 2. The van der Waals surface area contributed by atoms with Crippen molar-refractivity contribution in [2.24, 2.45) is 5.73 Å². The Hall–Kier alpha value is -0.770.